The average molecular weight is 143 g/mol. The lowest BCUT2D eigenvalue weighted by molar-refractivity contribution is 0.415. The Kier molecular flexibility index (Phi) is 2.46. The topological polar surface area (TPSA) is 3.24 Å². The molecule has 2 heteroatoms. The summed E-state index contributed by atoms with van der Waals surface area (Å²) < 4.78 is 0. The van der Waals surface area contributed by atoms with Gasteiger partial charge in [0.05, 0.1) is 5.03 Å². The Morgan fingerprint density at radius 2 is 2.44 bits per heavy atom. The first-order chi connectivity index (χ1) is 4.34. The molecule has 1 aliphatic heterocycles. The Morgan fingerprint density at radius 3 is 2.89 bits per heavy atom. The molecular formula is C7H13NS. The minimum atomic E-state index is 1.23. The van der Waals surface area contributed by atoms with Crippen LogP contribution in [0.2, 0.25) is 0 Å². The van der Waals surface area contributed by atoms with Crippen LogP contribution in [0.25, 0.3) is 0 Å². The zero-order valence-corrected chi connectivity index (χ0v) is 6.87. The lowest BCUT2D eigenvalue weighted by atomic mass is 10.2. The van der Waals surface area contributed by atoms with E-state index in [0.717, 1.165) is 0 Å². The third kappa shape index (κ3) is 1.65. The zero-order valence-electron chi connectivity index (χ0n) is 6.05. The largest absolute Gasteiger partial charge is 0.370 e. The van der Waals surface area contributed by atoms with Gasteiger partial charge in [-0.25, -0.2) is 0 Å². The fraction of sp³-hybridized carbons (Fsp3) is 0.714. The second kappa shape index (κ2) is 3.16. The van der Waals surface area contributed by atoms with Crippen molar-refractivity contribution >= 4 is 11.8 Å². The van der Waals surface area contributed by atoms with Crippen LogP contribution in [0.3, 0.4) is 0 Å². The summed E-state index contributed by atoms with van der Waals surface area (Å²) in [4.78, 5) is 2.31. The van der Waals surface area contributed by atoms with Crippen LogP contribution in [0.4, 0.5) is 0 Å². The molecule has 9 heavy (non-hydrogen) atoms. The van der Waals surface area contributed by atoms with Crippen LogP contribution in [0.15, 0.2) is 11.1 Å². The van der Waals surface area contributed by atoms with Crippen molar-refractivity contribution in [2.24, 2.45) is 0 Å². The first-order valence-corrected chi connectivity index (χ1v) is 4.52. The maximum absolute atomic E-state index is 2.31. The van der Waals surface area contributed by atoms with Crippen molar-refractivity contribution in [1.82, 2.24) is 4.90 Å². The van der Waals surface area contributed by atoms with Crippen molar-refractivity contribution in [2.45, 2.75) is 12.8 Å². The smallest absolute Gasteiger partial charge is 0.0661 e. The van der Waals surface area contributed by atoms with E-state index in [1.807, 2.05) is 11.8 Å². The lowest BCUT2D eigenvalue weighted by Crippen LogP contribution is -2.20. The molecule has 1 nitrogen and oxygen atoms in total. The highest BCUT2D eigenvalue weighted by molar-refractivity contribution is 8.02. The average Bonchev–Trinajstić information content (AvgIpc) is 1.89. The number of thioether (sulfide) groups is 1. The molecule has 1 rings (SSSR count). The molecule has 1 aliphatic rings. The lowest BCUT2D eigenvalue weighted by Gasteiger charge is -2.24. The second-order valence-electron chi connectivity index (χ2n) is 2.31. The predicted molar refractivity (Wildman–Crippen MR) is 43.5 cm³/mol. The molecule has 0 N–H and O–H groups in total. The van der Waals surface area contributed by atoms with E-state index in [0.29, 0.717) is 0 Å². The quantitative estimate of drug-likeness (QED) is 0.551. The van der Waals surface area contributed by atoms with Crippen LogP contribution < -0.4 is 0 Å². The molecule has 0 atom stereocenters. The van der Waals surface area contributed by atoms with Crippen molar-refractivity contribution in [3.05, 3.63) is 11.1 Å². The van der Waals surface area contributed by atoms with Gasteiger partial charge in [0.1, 0.15) is 0 Å². The van der Waals surface area contributed by atoms with Gasteiger partial charge < -0.3 is 4.90 Å². The molecule has 0 amide bonds. The van der Waals surface area contributed by atoms with Gasteiger partial charge in [-0.15, -0.1) is 11.8 Å². The highest BCUT2D eigenvalue weighted by Crippen LogP contribution is 2.20. The molecule has 52 valence electrons. The van der Waals surface area contributed by atoms with Crippen molar-refractivity contribution in [3.63, 3.8) is 0 Å². The fourth-order valence-electron chi connectivity index (χ4n) is 1.06. The summed E-state index contributed by atoms with van der Waals surface area (Å²) in [5, 5.41) is 1.43. The minimum absolute atomic E-state index is 1.23. The Hall–Kier alpha value is -0.110. The fourth-order valence-corrected chi connectivity index (χ4v) is 1.75. The van der Waals surface area contributed by atoms with Gasteiger partial charge in [-0.2, -0.15) is 0 Å². The van der Waals surface area contributed by atoms with Crippen molar-refractivity contribution in [1.29, 1.82) is 0 Å². The molecule has 0 aromatic carbocycles. The van der Waals surface area contributed by atoms with Crippen molar-refractivity contribution in [2.75, 3.05) is 19.8 Å². The van der Waals surface area contributed by atoms with Gasteiger partial charge in [-0.3, -0.25) is 0 Å². The van der Waals surface area contributed by atoms with E-state index in [-0.39, 0.29) is 0 Å². The molecule has 0 aromatic rings. The normalized spacial score (nSPS) is 19.8. The summed E-state index contributed by atoms with van der Waals surface area (Å²) in [5.41, 5.74) is 0. The first-order valence-electron chi connectivity index (χ1n) is 3.30. The summed E-state index contributed by atoms with van der Waals surface area (Å²) in [5.74, 6) is 0. The SMILES string of the molecule is CSC1=CCCCN1C. The maximum atomic E-state index is 2.31. The number of nitrogens with zero attached hydrogens (tertiary/aromatic N) is 1. The molecule has 0 radical (unpaired) electrons. The third-order valence-corrected chi connectivity index (χ3v) is 2.50. The van der Waals surface area contributed by atoms with Crippen LogP contribution in [0.5, 0.6) is 0 Å². The van der Waals surface area contributed by atoms with E-state index in [2.05, 4.69) is 24.3 Å². The molecule has 0 aromatic heterocycles. The van der Waals surface area contributed by atoms with Gasteiger partial charge in [-0.05, 0) is 19.1 Å². The maximum Gasteiger partial charge on any atom is 0.0661 e. The van der Waals surface area contributed by atoms with Crippen LogP contribution in [0.1, 0.15) is 12.8 Å². The van der Waals surface area contributed by atoms with Gasteiger partial charge >= 0.3 is 0 Å². The number of allylic oxidation sites excluding steroid dienone is 1. The van der Waals surface area contributed by atoms with E-state index in [4.69, 9.17) is 0 Å². The zero-order chi connectivity index (χ0) is 6.69. The molecule has 0 bridgehead atoms. The summed E-state index contributed by atoms with van der Waals surface area (Å²) in [6.07, 6.45) is 7.03. The molecule has 0 saturated carbocycles. The highest BCUT2D eigenvalue weighted by Gasteiger charge is 2.05. The van der Waals surface area contributed by atoms with E-state index >= 15 is 0 Å². The predicted octanol–water partition coefficient (Wildman–Crippen LogP) is 1.92. The monoisotopic (exact) mass is 143 g/mol. The minimum Gasteiger partial charge on any atom is -0.370 e. The summed E-state index contributed by atoms with van der Waals surface area (Å²) >= 11 is 1.84. The highest BCUT2D eigenvalue weighted by atomic mass is 32.2. The standard InChI is InChI=1S/C7H13NS/c1-8-6-4-3-5-7(8)9-2/h5H,3-4,6H2,1-2H3. The van der Waals surface area contributed by atoms with Crippen LogP contribution in [-0.2, 0) is 0 Å². The molecule has 0 saturated heterocycles. The Bertz CT molecular complexity index is 120. The van der Waals surface area contributed by atoms with Gasteiger partial charge in [0.15, 0.2) is 0 Å². The van der Waals surface area contributed by atoms with Crippen LogP contribution in [-0.4, -0.2) is 24.7 Å². The Morgan fingerprint density at radius 1 is 1.67 bits per heavy atom. The second-order valence-corrected chi connectivity index (χ2v) is 3.14. The van der Waals surface area contributed by atoms with Crippen LogP contribution >= 0.6 is 11.8 Å². The van der Waals surface area contributed by atoms with Crippen molar-refractivity contribution < 1.29 is 0 Å². The Labute approximate surface area is 61.1 Å². The molecule has 0 spiro atoms. The number of hydrogen-bond donors (Lipinski definition) is 0. The third-order valence-electron chi connectivity index (χ3n) is 1.60. The van der Waals surface area contributed by atoms with E-state index < -0.39 is 0 Å². The molecular weight excluding hydrogens is 130 g/mol. The number of hydrogen-bond acceptors (Lipinski definition) is 2. The summed E-state index contributed by atoms with van der Waals surface area (Å²) in [6, 6.07) is 0. The van der Waals surface area contributed by atoms with E-state index in [9.17, 15) is 0 Å². The van der Waals surface area contributed by atoms with Gasteiger partial charge in [0.25, 0.3) is 0 Å². The Balaban J connectivity index is 2.53. The summed E-state index contributed by atoms with van der Waals surface area (Å²) in [6.45, 7) is 1.23. The molecule has 0 aliphatic carbocycles. The van der Waals surface area contributed by atoms with Gasteiger partial charge in [0, 0.05) is 13.6 Å². The van der Waals surface area contributed by atoms with Crippen LogP contribution in [0, 0.1) is 0 Å². The molecule has 1 heterocycles. The van der Waals surface area contributed by atoms with Gasteiger partial charge in [-0.1, -0.05) is 6.08 Å². The summed E-state index contributed by atoms with van der Waals surface area (Å²) in [7, 11) is 2.15. The van der Waals surface area contributed by atoms with E-state index in [1.54, 1.807) is 0 Å². The first kappa shape index (κ1) is 7.00. The molecule has 0 fully saturated rings. The van der Waals surface area contributed by atoms with Crippen molar-refractivity contribution in [3.8, 4) is 0 Å². The molecule has 0 unspecified atom stereocenters. The van der Waals surface area contributed by atoms with Gasteiger partial charge in [0.2, 0.25) is 0 Å². The number of rotatable bonds is 1. The van der Waals surface area contributed by atoms with E-state index in [1.165, 1.54) is 24.4 Å².